The topological polar surface area (TPSA) is 84.7 Å². The van der Waals surface area contributed by atoms with E-state index in [1.54, 1.807) is 24.9 Å². The molecule has 0 aliphatic carbocycles. The van der Waals surface area contributed by atoms with Crippen molar-refractivity contribution in [2.75, 3.05) is 19.0 Å². The van der Waals surface area contributed by atoms with Gasteiger partial charge in [-0.25, -0.2) is 0 Å². The van der Waals surface area contributed by atoms with Crippen LogP contribution >= 0.6 is 0 Å². The van der Waals surface area contributed by atoms with E-state index in [-0.39, 0.29) is 18.4 Å². The number of carbonyl (C=O) groups excluding carboxylic acids is 2. The number of anilines is 1. The number of amides is 2. The molecule has 2 aromatic rings. The molecule has 0 spiro atoms. The van der Waals surface area contributed by atoms with Crippen LogP contribution < -0.4 is 5.32 Å². The molecule has 2 heterocycles. The van der Waals surface area contributed by atoms with Crippen LogP contribution in [0.1, 0.15) is 22.9 Å². The van der Waals surface area contributed by atoms with Gasteiger partial charge in [0.2, 0.25) is 5.91 Å². The van der Waals surface area contributed by atoms with Crippen LogP contribution in [0, 0.1) is 13.8 Å². The Morgan fingerprint density at radius 1 is 1.29 bits per heavy atom. The largest absolute Gasteiger partial charge is 0.360 e. The van der Waals surface area contributed by atoms with Gasteiger partial charge in [0.15, 0.2) is 11.9 Å². The highest BCUT2D eigenvalue weighted by atomic mass is 16.5. The number of carbonyl (C=O) groups is 2. The Hall–Kier alpha value is -2.67. The lowest BCUT2D eigenvalue weighted by Gasteiger charge is -2.38. The average Bonchev–Trinajstić information content (AvgIpc) is 2.96. The van der Waals surface area contributed by atoms with Crippen molar-refractivity contribution >= 4 is 17.6 Å². The van der Waals surface area contributed by atoms with Crippen LogP contribution in [0.4, 0.5) is 5.82 Å². The Morgan fingerprint density at radius 3 is 2.62 bits per heavy atom. The summed E-state index contributed by atoms with van der Waals surface area (Å²) in [5.74, 6) is 0.385. The third kappa shape index (κ3) is 3.16. The molecule has 1 saturated heterocycles. The number of aryl methyl sites for hydroxylation is 2. The van der Waals surface area contributed by atoms with Crippen LogP contribution in [-0.4, -0.2) is 41.6 Å². The van der Waals surface area contributed by atoms with Crippen LogP contribution in [-0.2, 0) is 14.3 Å². The fourth-order valence-corrected chi connectivity index (χ4v) is 2.72. The van der Waals surface area contributed by atoms with Crippen molar-refractivity contribution in [1.82, 2.24) is 10.1 Å². The zero-order valence-electron chi connectivity index (χ0n) is 13.8. The average molecular weight is 329 g/mol. The van der Waals surface area contributed by atoms with E-state index in [1.165, 1.54) is 0 Å². The van der Waals surface area contributed by atoms with Gasteiger partial charge in [0.1, 0.15) is 12.4 Å². The van der Waals surface area contributed by atoms with Crippen molar-refractivity contribution in [3.8, 4) is 0 Å². The maximum atomic E-state index is 12.6. The van der Waals surface area contributed by atoms with E-state index in [4.69, 9.17) is 9.26 Å². The smallest absolute Gasteiger partial charge is 0.257 e. The third-order valence-corrected chi connectivity index (χ3v) is 4.04. The molecule has 0 radical (unpaired) electrons. The van der Waals surface area contributed by atoms with Crippen LogP contribution in [0.3, 0.4) is 0 Å². The number of benzene rings is 1. The second-order valence-electron chi connectivity index (χ2n) is 5.90. The third-order valence-electron chi connectivity index (χ3n) is 4.04. The molecule has 0 unspecified atom stereocenters. The second kappa shape index (κ2) is 6.45. The normalized spacial score (nSPS) is 21.0. The van der Waals surface area contributed by atoms with Gasteiger partial charge in [-0.05, 0) is 19.4 Å². The van der Waals surface area contributed by atoms with Gasteiger partial charge in [-0.2, -0.15) is 0 Å². The van der Waals surface area contributed by atoms with E-state index in [2.05, 4.69) is 10.5 Å². The van der Waals surface area contributed by atoms with Gasteiger partial charge in [0, 0.05) is 13.1 Å². The first-order valence-electron chi connectivity index (χ1n) is 7.63. The molecule has 2 amide bonds. The summed E-state index contributed by atoms with van der Waals surface area (Å²) in [6.07, 6.45) is -0.826. The minimum Gasteiger partial charge on any atom is -0.360 e. The predicted molar refractivity (Wildman–Crippen MR) is 86.3 cm³/mol. The lowest BCUT2D eigenvalue weighted by atomic mass is 9.97. The number of nitrogens with one attached hydrogen (secondary N) is 1. The molecule has 1 fully saturated rings. The molecule has 1 aliphatic rings. The van der Waals surface area contributed by atoms with E-state index in [0.717, 1.165) is 11.1 Å². The Labute approximate surface area is 139 Å². The highest BCUT2D eigenvalue weighted by molar-refractivity contribution is 5.95. The molecule has 7 heteroatoms. The standard InChI is InChI=1S/C17H19N3O4/c1-10-4-6-12(7-5-10)15-16(23-9-14(21)20(15)3)17(22)18-13-8-11(2)24-19-13/h4-8,15-16H,9H2,1-3H3,(H,18,19,22)/t15-,16-/m0/s1. The molecule has 7 nitrogen and oxygen atoms in total. The SMILES string of the molecule is Cc1ccc([C@H]2[C@@H](C(=O)Nc3cc(C)on3)OCC(=O)N2C)cc1. The van der Waals surface area contributed by atoms with Gasteiger partial charge in [-0.15, -0.1) is 0 Å². The summed E-state index contributed by atoms with van der Waals surface area (Å²) in [5.41, 5.74) is 1.94. The molecule has 1 N–H and O–H groups in total. The highest BCUT2D eigenvalue weighted by Crippen LogP contribution is 2.30. The van der Waals surface area contributed by atoms with E-state index in [1.807, 2.05) is 31.2 Å². The number of nitrogens with zero attached hydrogens (tertiary/aromatic N) is 2. The molecular formula is C17H19N3O4. The van der Waals surface area contributed by atoms with Gasteiger partial charge in [-0.1, -0.05) is 35.0 Å². The number of hydrogen-bond donors (Lipinski definition) is 1. The molecular weight excluding hydrogens is 310 g/mol. The molecule has 0 saturated carbocycles. The molecule has 3 rings (SSSR count). The van der Waals surface area contributed by atoms with E-state index >= 15 is 0 Å². The Morgan fingerprint density at radius 2 is 2.00 bits per heavy atom. The summed E-state index contributed by atoms with van der Waals surface area (Å²) in [5, 5.41) is 6.42. The molecule has 126 valence electrons. The fourth-order valence-electron chi connectivity index (χ4n) is 2.72. The minimum atomic E-state index is -0.826. The number of aromatic nitrogens is 1. The number of morpholine rings is 1. The number of ether oxygens (including phenoxy) is 1. The highest BCUT2D eigenvalue weighted by Gasteiger charge is 2.40. The van der Waals surface area contributed by atoms with E-state index in [9.17, 15) is 9.59 Å². The number of hydrogen-bond acceptors (Lipinski definition) is 5. The minimum absolute atomic E-state index is 0.130. The molecule has 24 heavy (non-hydrogen) atoms. The monoisotopic (exact) mass is 329 g/mol. The Kier molecular flexibility index (Phi) is 4.35. The quantitative estimate of drug-likeness (QED) is 0.928. The van der Waals surface area contributed by atoms with Gasteiger partial charge in [0.05, 0.1) is 6.04 Å². The molecule has 1 aliphatic heterocycles. The fraction of sp³-hybridized carbons (Fsp3) is 0.353. The van der Waals surface area contributed by atoms with Gasteiger partial charge in [0.25, 0.3) is 5.91 Å². The van der Waals surface area contributed by atoms with Crippen molar-refractivity contribution in [2.45, 2.75) is 26.0 Å². The Balaban J connectivity index is 1.86. The zero-order valence-corrected chi connectivity index (χ0v) is 13.8. The predicted octanol–water partition coefficient (Wildman–Crippen LogP) is 1.83. The van der Waals surface area contributed by atoms with E-state index < -0.39 is 12.1 Å². The van der Waals surface area contributed by atoms with Crippen molar-refractivity contribution in [1.29, 1.82) is 0 Å². The van der Waals surface area contributed by atoms with Crippen molar-refractivity contribution in [3.05, 3.63) is 47.2 Å². The second-order valence-corrected chi connectivity index (χ2v) is 5.90. The van der Waals surface area contributed by atoms with E-state index in [0.29, 0.717) is 11.6 Å². The van der Waals surface area contributed by atoms with Crippen molar-refractivity contribution < 1.29 is 18.8 Å². The summed E-state index contributed by atoms with van der Waals surface area (Å²) in [6.45, 7) is 3.59. The first-order chi connectivity index (χ1) is 11.5. The maximum absolute atomic E-state index is 12.6. The maximum Gasteiger partial charge on any atom is 0.257 e. The molecule has 1 aromatic carbocycles. The van der Waals surface area contributed by atoms with Crippen LogP contribution in [0.15, 0.2) is 34.9 Å². The zero-order chi connectivity index (χ0) is 17.3. The lowest BCUT2D eigenvalue weighted by Crippen LogP contribution is -2.51. The molecule has 0 bridgehead atoms. The van der Waals surface area contributed by atoms with Gasteiger partial charge >= 0.3 is 0 Å². The van der Waals surface area contributed by atoms with Crippen LogP contribution in [0.5, 0.6) is 0 Å². The first-order valence-corrected chi connectivity index (χ1v) is 7.63. The molecule has 1 aromatic heterocycles. The van der Waals surface area contributed by atoms with Gasteiger partial charge in [-0.3, -0.25) is 9.59 Å². The number of likely N-dealkylation sites (N-methyl/N-ethyl adjacent to an activating group) is 1. The summed E-state index contributed by atoms with van der Waals surface area (Å²) in [4.78, 5) is 26.2. The van der Waals surface area contributed by atoms with Crippen molar-refractivity contribution in [3.63, 3.8) is 0 Å². The Bertz CT molecular complexity index is 753. The first kappa shape index (κ1) is 16.2. The van der Waals surface area contributed by atoms with Crippen molar-refractivity contribution in [2.24, 2.45) is 0 Å². The van der Waals surface area contributed by atoms with Gasteiger partial charge < -0.3 is 19.5 Å². The number of rotatable bonds is 3. The van der Waals surface area contributed by atoms with Crippen LogP contribution in [0.25, 0.3) is 0 Å². The summed E-state index contributed by atoms with van der Waals surface area (Å²) in [7, 11) is 1.68. The molecule has 2 atom stereocenters. The summed E-state index contributed by atoms with van der Waals surface area (Å²) >= 11 is 0. The summed E-state index contributed by atoms with van der Waals surface area (Å²) < 4.78 is 10.5. The van der Waals surface area contributed by atoms with Crippen LogP contribution in [0.2, 0.25) is 0 Å². The lowest BCUT2D eigenvalue weighted by molar-refractivity contribution is -0.160. The summed E-state index contributed by atoms with van der Waals surface area (Å²) in [6, 6.07) is 8.81.